The van der Waals surface area contributed by atoms with E-state index in [1.54, 1.807) is 91.2 Å². The maximum atomic E-state index is 14.9. The van der Waals surface area contributed by atoms with Crippen molar-refractivity contribution in [2.24, 2.45) is 0 Å². The Morgan fingerprint density at radius 1 is 0.457 bits per heavy atom. The molecule has 3 heterocycles. The summed E-state index contributed by atoms with van der Waals surface area (Å²) in [6, 6.07) is 8.46. The van der Waals surface area contributed by atoms with Crippen molar-refractivity contribution in [3.63, 3.8) is 0 Å². The van der Waals surface area contributed by atoms with Crippen LogP contribution in [0, 0.1) is 41.5 Å². The van der Waals surface area contributed by atoms with Gasteiger partial charge in [-0.2, -0.15) is 0 Å². The quantitative estimate of drug-likeness (QED) is 0.0433. The third kappa shape index (κ3) is 14.5. The lowest BCUT2D eigenvalue weighted by atomic mass is 9.78. The second kappa shape index (κ2) is 23.3. The molecule has 0 bridgehead atoms. The molecule has 18 heteroatoms. The molecule has 442 valence electrons. The SMILES string of the molecule is C=CC(=O)N1C(C)(C)CC(OC(=O)C(OC(=O)c2cc(C)c(O)c(C)c2)(OC(=O)c2cc(C)c(O)c(C)c2)C(=O)OC2CC(C)(C)N(C(=O)C=C)C(C)(C)C2)CC1(C)C.Cc1cc(C(=O)OC2CC(C)(C)NC(C)(C)C2)cc(C)c1O. The molecule has 3 aliphatic heterocycles. The molecule has 3 aliphatic rings. The number of likely N-dealkylation sites (tertiary alicyclic amines) is 2. The fraction of sp³-hybridized carbons (Fsp3) is 0.540. The Labute approximate surface area is 477 Å². The number of carbonyl (C=O) groups is 7. The van der Waals surface area contributed by atoms with Crippen LogP contribution in [0.1, 0.15) is 186 Å². The number of hydrogen-bond acceptors (Lipinski definition) is 16. The van der Waals surface area contributed by atoms with Crippen molar-refractivity contribution in [2.75, 3.05) is 0 Å². The van der Waals surface area contributed by atoms with E-state index in [2.05, 4.69) is 46.2 Å². The van der Waals surface area contributed by atoms with Gasteiger partial charge >= 0.3 is 35.6 Å². The normalized spacial score (nSPS) is 19.1. The lowest BCUT2D eigenvalue weighted by Gasteiger charge is -2.54. The first-order chi connectivity index (χ1) is 37.0. The summed E-state index contributed by atoms with van der Waals surface area (Å²) in [7, 11) is 0. The average molecular weight is 1120 g/mol. The fourth-order valence-electron chi connectivity index (χ4n) is 12.8. The van der Waals surface area contributed by atoms with Crippen molar-refractivity contribution >= 4 is 41.7 Å². The number of aromatic hydroxyl groups is 3. The molecule has 0 spiro atoms. The van der Waals surface area contributed by atoms with Crippen LogP contribution in [0.4, 0.5) is 0 Å². The van der Waals surface area contributed by atoms with E-state index in [9.17, 15) is 48.9 Å². The summed E-state index contributed by atoms with van der Waals surface area (Å²) in [5.74, 6) is -10.3. The number of rotatable bonds is 12. The third-order valence-corrected chi connectivity index (χ3v) is 15.3. The Bertz CT molecular complexity index is 2750. The van der Waals surface area contributed by atoms with E-state index in [-0.39, 0.29) is 111 Å². The summed E-state index contributed by atoms with van der Waals surface area (Å²) < 4.78 is 29.4. The predicted molar refractivity (Wildman–Crippen MR) is 305 cm³/mol. The molecule has 0 unspecified atom stereocenters. The fourth-order valence-corrected chi connectivity index (χ4v) is 12.8. The smallest absolute Gasteiger partial charge is 0.457 e. The minimum absolute atomic E-state index is 0.0552. The highest BCUT2D eigenvalue weighted by molar-refractivity contribution is 6.08. The lowest BCUT2D eigenvalue weighted by molar-refractivity contribution is -0.235. The van der Waals surface area contributed by atoms with Gasteiger partial charge in [0.25, 0.3) is 0 Å². The zero-order valence-electron chi connectivity index (χ0n) is 50.6. The van der Waals surface area contributed by atoms with Gasteiger partial charge in [-0.05, 0) is 207 Å². The molecule has 0 saturated carbocycles. The lowest BCUT2D eigenvalue weighted by Crippen LogP contribution is -2.65. The second-order valence-corrected chi connectivity index (χ2v) is 26.0. The van der Waals surface area contributed by atoms with Gasteiger partial charge in [0.15, 0.2) is 0 Å². The van der Waals surface area contributed by atoms with Crippen LogP contribution in [0.5, 0.6) is 17.2 Å². The molecule has 0 aromatic heterocycles. The predicted octanol–water partition coefficient (Wildman–Crippen LogP) is 10.1. The molecule has 3 fully saturated rings. The monoisotopic (exact) mass is 1120 g/mol. The highest BCUT2D eigenvalue weighted by Gasteiger charge is 2.62. The maximum absolute atomic E-state index is 14.9. The number of carbonyl (C=O) groups excluding carboxylic acids is 7. The Kier molecular flexibility index (Phi) is 18.6. The molecule has 0 aliphatic carbocycles. The zero-order valence-corrected chi connectivity index (χ0v) is 50.6. The molecular weight excluding hydrogens is 1040 g/mol. The van der Waals surface area contributed by atoms with E-state index in [0.29, 0.717) is 16.7 Å². The van der Waals surface area contributed by atoms with E-state index in [4.69, 9.17) is 23.7 Å². The van der Waals surface area contributed by atoms with Crippen molar-refractivity contribution < 1.29 is 72.6 Å². The summed E-state index contributed by atoms with van der Waals surface area (Å²) in [4.78, 5) is 100. The van der Waals surface area contributed by atoms with Crippen LogP contribution in [0.3, 0.4) is 0 Å². The Balaban J connectivity index is 0.000000454. The van der Waals surface area contributed by atoms with Gasteiger partial charge in [0.2, 0.25) is 11.8 Å². The topological polar surface area (TPSA) is 245 Å². The first-order valence-corrected chi connectivity index (χ1v) is 27.3. The van der Waals surface area contributed by atoms with Crippen LogP contribution in [0.25, 0.3) is 0 Å². The van der Waals surface area contributed by atoms with Crippen molar-refractivity contribution in [1.29, 1.82) is 0 Å². The molecule has 3 saturated heterocycles. The first-order valence-electron chi connectivity index (χ1n) is 27.3. The van der Waals surface area contributed by atoms with Gasteiger partial charge in [-0.15, -0.1) is 0 Å². The standard InChI is InChI=1S/C45H58N2O12.C18H27NO3/c1-15-33(48)46-41(7,8)21-31(22-42(46,9)10)56-39(54)45(58-37(52)29-17-25(3)35(50)26(4)18-29,59-38(53)30-19-27(5)36(51)28(6)20-30)40(55)57-32-23-43(11,12)47(34(49)16-2)44(13,14)24-32;1-11-7-13(8-12(2)15(11)20)16(21)22-14-9-17(3,4)19-18(5,6)10-14/h15-20,31-32,50-51H,1-2,21-24H2,3-14H3;7-8,14,19-20H,9-10H2,1-6H3. The highest BCUT2D eigenvalue weighted by Crippen LogP contribution is 2.43. The molecule has 3 aromatic carbocycles. The van der Waals surface area contributed by atoms with Crippen LogP contribution in [-0.2, 0) is 42.9 Å². The van der Waals surface area contributed by atoms with E-state index in [0.717, 1.165) is 12.8 Å². The van der Waals surface area contributed by atoms with Crippen molar-refractivity contribution in [2.45, 2.75) is 220 Å². The molecule has 81 heavy (non-hydrogen) atoms. The summed E-state index contributed by atoms with van der Waals surface area (Å²) in [6.07, 6.45) is 2.04. The number of phenols is 3. The largest absolute Gasteiger partial charge is 0.507 e. The number of amides is 2. The van der Waals surface area contributed by atoms with Gasteiger partial charge in [0.05, 0.1) is 16.7 Å². The van der Waals surface area contributed by atoms with Gasteiger partial charge in [-0.25, -0.2) is 24.0 Å². The number of esters is 5. The number of piperidine rings is 3. The number of hydrogen-bond donors (Lipinski definition) is 4. The third-order valence-electron chi connectivity index (χ3n) is 15.3. The maximum Gasteiger partial charge on any atom is 0.457 e. The summed E-state index contributed by atoms with van der Waals surface area (Å²) >= 11 is 0. The van der Waals surface area contributed by atoms with Crippen LogP contribution >= 0.6 is 0 Å². The number of phenolic OH excluding ortho intramolecular Hbond substituents is 3. The Morgan fingerprint density at radius 2 is 0.704 bits per heavy atom. The molecule has 18 nitrogen and oxygen atoms in total. The van der Waals surface area contributed by atoms with Crippen LogP contribution in [0.2, 0.25) is 0 Å². The molecule has 2 amide bonds. The van der Waals surface area contributed by atoms with Gasteiger partial charge in [0.1, 0.15) is 35.6 Å². The van der Waals surface area contributed by atoms with Gasteiger partial charge in [-0.1, -0.05) is 13.2 Å². The summed E-state index contributed by atoms with van der Waals surface area (Å²) in [5.41, 5.74) is -1.25. The van der Waals surface area contributed by atoms with Gasteiger partial charge < -0.3 is 54.1 Å². The number of aryl methyl sites for hydroxylation is 6. The van der Waals surface area contributed by atoms with E-state index >= 15 is 0 Å². The molecule has 0 atom stereocenters. The van der Waals surface area contributed by atoms with Crippen LogP contribution < -0.4 is 5.32 Å². The Hall–Kier alpha value is -7.21. The zero-order chi connectivity index (χ0) is 61.5. The number of nitrogens with zero attached hydrogens (tertiary/aromatic N) is 2. The van der Waals surface area contributed by atoms with Crippen molar-refractivity contribution in [1.82, 2.24) is 15.1 Å². The van der Waals surface area contributed by atoms with E-state index < -0.39 is 64.0 Å². The number of nitrogens with one attached hydrogen (secondary N) is 1. The molecule has 4 N–H and O–H groups in total. The number of ether oxygens (including phenoxy) is 5. The minimum atomic E-state index is -3.53. The highest BCUT2D eigenvalue weighted by atomic mass is 16.8. The van der Waals surface area contributed by atoms with Crippen molar-refractivity contribution in [3.05, 3.63) is 112 Å². The molecular formula is C63H85N3O15. The molecule has 3 aromatic rings. The van der Waals surface area contributed by atoms with Gasteiger partial charge in [0, 0.05) is 71.8 Å². The van der Waals surface area contributed by atoms with Crippen molar-refractivity contribution in [3.8, 4) is 17.2 Å². The molecule has 6 rings (SSSR count). The second-order valence-electron chi connectivity index (χ2n) is 26.0. The molecule has 0 radical (unpaired) electrons. The Morgan fingerprint density at radius 3 is 0.963 bits per heavy atom. The van der Waals surface area contributed by atoms with Crippen LogP contribution in [0.15, 0.2) is 61.7 Å². The van der Waals surface area contributed by atoms with Gasteiger partial charge in [-0.3, -0.25) is 9.59 Å². The van der Waals surface area contributed by atoms with Crippen LogP contribution in [-0.4, -0.2) is 124 Å². The summed E-state index contributed by atoms with van der Waals surface area (Å²) in [6.45, 7) is 39.7. The minimum Gasteiger partial charge on any atom is -0.507 e. The van der Waals surface area contributed by atoms with E-state index in [1.165, 1.54) is 64.1 Å². The summed E-state index contributed by atoms with van der Waals surface area (Å²) in [5, 5.41) is 34.3. The average Bonchev–Trinajstić information content (AvgIpc) is 3.30. The first kappa shape index (κ1) is 64.6. The number of benzene rings is 3. The van der Waals surface area contributed by atoms with E-state index in [1.807, 2.05) is 0 Å².